The van der Waals surface area contributed by atoms with Crippen molar-refractivity contribution in [2.24, 2.45) is 0 Å². The largest absolute Gasteiger partial charge is 0.441 e. The van der Waals surface area contributed by atoms with Crippen molar-refractivity contribution < 1.29 is 9.53 Å². The SMILES string of the molecule is CC(CN1CC2(CCN(Cc3cc(=O)n4[nH]cnc4n3)CC2)OC1=O)c1ccccc1. The van der Waals surface area contributed by atoms with Crippen LogP contribution in [0.5, 0.6) is 0 Å². The van der Waals surface area contributed by atoms with E-state index in [1.165, 1.54) is 22.5 Å². The molecule has 162 valence electrons. The number of fused-ring (bicyclic) bond motifs is 1. The number of aromatic nitrogens is 4. The van der Waals surface area contributed by atoms with Gasteiger partial charge in [0.05, 0.1) is 12.2 Å². The second-order valence-electron chi connectivity index (χ2n) is 8.63. The Morgan fingerprint density at radius 1 is 1.19 bits per heavy atom. The zero-order valence-corrected chi connectivity index (χ0v) is 17.5. The molecule has 2 saturated heterocycles. The lowest BCUT2D eigenvalue weighted by Gasteiger charge is -2.37. The van der Waals surface area contributed by atoms with Crippen LogP contribution in [0.25, 0.3) is 5.78 Å². The summed E-state index contributed by atoms with van der Waals surface area (Å²) in [6, 6.07) is 11.8. The highest BCUT2D eigenvalue weighted by atomic mass is 16.6. The minimum atomic E-state index is -0.414. The third kappa shape index (κ3) is 3.93. The third-order valence-electron chi connectivity index (χ3n) is 6.38. The molecule has 2 aliphatic rings. The molecule has 31 heavy (non-hydrogen) atoms. The molecule has 9 nitrogen and oxygen atoms in total. The molecular formula is C22H26N6O3. The summed E-state index contributed by atoms with van der Waals surface area (Å²) >= 11 is 0. The predicted molar refractivity (Wildman–Crippen MR) is 114 cm³/mol. The first-order valence-corrected chi connectivity index (χ1v) is 10.7. The van der Waals surface area contributed by atoms with Gasteiger partial charge in [-0.25, -0.2) is 14.8 Å². The molecular weight excluding hydrogens is 396 g/mol. The first-order valence-electron chi connectivity index (χ1n) is 10.7. The summed E-state index contributed by atoms with van der Waals surface area (Å²) in [5, 5.41) is 2.75. The van der Waals surface area contributed by atoms with Gasteiger partial charge in [0.15, 0.2) is 0 Å². The van der Waals surface area contributed by atoms with Gasteiger partial charge in [0.2, 0.25) is 0 Å². The lowest BCUT2D eigenvalue weighted by atomic mass is 9.91. The monoisotopic (exact) mass is 422 g/mol. The van der Waals surface area contributed by atoms with E-state index in [-0.39, 0.29) is 17.6 Å². The molecule has 1 spiro atoms. The van der Waals surface area contributed by atoms with E-state index in [0.29, 0.717) is 31.1 Å². The van der Waals surface area contributed by atoms with E-state index >= 15 is 0 Å². The Morgan fingerprint density at radius 2 is 1.97 bits per heavy atom. The molecule has 1 amide bonds. The van der Waals surface area contributed by atoms with Gasteiger partial charge in [-0.3, -0.25) is 14.8 Å². The normalized spacial score (nSPS) is 19.8. The van der Waals surface area contributed by atoms with E-state index < -0.39 is 5.60 Å². The van der Waals surface area contributed by atoms with Crippen LogP contribution in [-0.4, -0.2) is 67.3 Å². The van der Waals surface area contributed by atoms with E-state index in [1.807, 2.05) is 23.1 Å². The van der Waals surface area contributed by atoms with Crippen LogP contribution >= 0.6 is 0 Å². The van der Waals surface area contributed by atoms with E-state index in [0.717, 1.165) is 25.9 Å². The summed E-state index contributed by atoms with van der Waals surface area (Å²) in [5.41, 5.74) is 1.35. The smallest absolute Gasteiger partial charge is 0.410 e. The van der Waals surface area contributed by atoms with Crippen LogP contribution in [0.2, 0.25) is 0 Å². The summed E-state index contributed by atoms with van der Waals surface area (Å²) in [4.78, 5) is 37.3. The number of rotatable bonds is 5. The minimum Gasteiger partial charge on any atom is -0.441 e. The molecule has 1 unspecified atom stereocenters. The first kappa shape index (κ1) is 19.7. The van der Waals surface area contributed by atoms with Crippen LogP contribution < -0.4 is 5.56 Å². The molecule has 2 aliphatic heterocycles. The van der Waals surface area contributed by atoms with Crippen LogP contribution in [0.3, 0.4) is 0 Å². The number of benzene rings is 1. The van der Waals surface area contributed by atoms with Gasteiger partial charge < -0.3 is 9.64 Å². The van der Waals surface area contributed by atoms with Crippen molar-refractivity contribution >= 4 is 11.9 Å². The number of H-pyrrole nitrogens is 1. The molecule has 0 bridgehead atoms. The van der Waals surface area contributed by atoms with Gasteiger partial charge >= 0.3 is 6.09 Å². The number of nitrogens with one attached hydrogen (secondary N) is 1. The Bertz CT molecular complexity index is 1130. The van der Waals surface area contributed by atoms with Crippen LogP contribution in [0.1, 0.15) is 36.9 Å². The number of ether oxygens (including phenoxy) is 1. The molecule has 0 aliphatic carbocycles. The highest BCUT2D eigenvalue weighted by Crippen LogP contribution is 2.34. The Kier molecular flexibility index (Phi) is 4.97. The first-order chi connectivity index (χ1) is 15.0. The number of likely N-dealkylation sites (tertiary alicyclic amines) is 1. The van der Waals surface area contributed by atoms with Crippen LogP contribution in [0.4, 0.5) is 4.79 Å². The zero-order chi connectivity index (χ0) is 21.4. The van der Waals surface area contributed by atoms with E-state index in [9.17, 15) is 9.59 Å². The number of nitrogens with zero attached hydrogens (tertiary/aromatic N) is 5. The second-order valence-corrected chi connectivity index (χ2v) is 8.63. The molecule has 4 heterocycles. The lowest BCUT2D eigenvalue weighted by molar-refractivity contribution is -0.00151. The van der Waals surface area contributed by atoms with E-state index in [1.54, 1.807) is 0 Å². The molecule has 0 radical (unpaired) electrons. The number of amides is 1. The summed E-state index contributed by atoms with van der Waals surface area (Å²) in [6.45, 7) is 5.59. The number of hydrogen-bond donors (Lipinski definition) is 1. The van der Waals surface area contributed by atoms with Crippen LogP contribution in [0, 0.1) is 0 Å². The Hall–Kier alpha value is -3.20. The number of piperidine rings is 1. The topological polar surface area (TPSA) is 95.8 Å². The molecule has 1 atom stereocenters. The van der Waals surface area contributed by atoms with Gasteiger partial charge in [0.25, 0.3) is 11.3 Å². The van der Waals surface area contributed by atoms with Crippen molar-refractivity contribution in [3.05, 3.63) is 64.3 Å². The van der Waals surface area contributed by atoms with Crippen molar-refractivity contribution in [2.75, 3.05) is 26.2 Å². The Balaban J connectivity index is 1.19. The summed E-state index contributed by atoms with van der Waals surface area (Å²) < 4.78 is 7.20. The Morgan fingerprint density at radius 3 is 2.74 bits per heavy atom. The van der Waals surface area contributed by atoms with Crippen molar-refractivity contribution in [3.63, 3.8) is 0 Å². The summed E-state index contributed by atoms with van der Waals surface area (Å²) in [6.07, 6.45) is 2.80. The fourth-order valence-electron chi connectivity index (χ4n) is 4.61. The van der Waals surface area contributed by atoms with Crippen LogP contribution in [0.15, 0.2) is 47.5 Å². The van der Waals surface area contributed by atoms with Crippen molar-refractivity contribution in [2.45, 2.75) is 37.8 Å². The van der Waals surface area contributed by atoms with Gasteiger partial charge in [0.1, 0.15) is 11.9 Å². The summed E-state index contributed by atoms with van der Waals surface area (Å²) in [5.74, 6) is 0.634. The molecule has 0 saturated carbocycles. The molecule has 1 N–H and O–H groups in total. The quantitative estimate of drug-likeness (QED) is 0.676. The molecule has 3 aromatic rings. The summed E-state index contributed by atoms with van der Waals surface area (Å²) in [7, 11) is 0. The maximum Gasteiger partial charge on any atom is 0.410 e. The third-order valence-corrected chi connectivity index (χ3v) is 6.38. The highest BCUT2D eigenvalue weighted by Gasteiger charge is 2.47. The van der Waals surface area contributed by atoms with Gasteiger partial charge in [-0.05, 0) is 11.5 Å². The lowest BCUT2D eigenvalue weighted by Crippen LogP contribution is -2.46. The number of hydrogen-bond acceptors (Lipinski definition) is 6. The van der Waals surface area contributed by atoms with Gasteiger partial charge in [-0.1, -0.05) is 37.3 Å². The van der Waals surface area contributed by atoms with Crippen molar-refractivity contribution in [1.29, 1.82) is 0 Å². The fourth-order valence-corrected chi connectivity index (χ4v) is 4.61. The molecule has 1 aromatic carbocycles. The van der Waals surface area contributed by atoms with E-state index in [2.05, 4.69) is 39.0 Å². The predicted octanol–water partition coefficient (Wildman–Crippen LogP) is 2.01. The Labute approximate surface area is 179 Å². The highest BCUT2D eigenvalue weighted by molar-refractivity contribution is 5.71. The molecule has 2 fully saturated rings. The molecule has 9 heteroatoms. The number of carbonyl (C=O) groups is 1. The standard InChI is InChI=1S/C22H26N6O3/c1-16(17-5-3-2-4-6-17)12-27-14-22(31-21(27)30)7-9-26(10-8-22)13-18-11-19(29)28-20(25-18)23-15-24-28/h2-6,11,15-16H,7-10,12-14H2,1H3,(H,23,24,25). The van der Waals surface area contributed by atoms with Crippen molar-refractivity contribution in [3.8, 4) is 0 Å². The van der Waals surface area contributed by atoms with E-state index in [4.69, 9.17) is 4.74 Å². The molecule has 2 aromatic heterocycles. The van der Waals surface area contributed by atoms with Gasteiger partial charge in [0, 0.05) is 45.1 Å². The van der Waals surface area contributed by atoms with Gasteiger partial charge in [-0.15, -0.1) is 0 Å². The minimum absolute atomic E-state index is 0.168. The second kappa shape index (κ2) is 7.81. The maximum atomic E-state index is 12.6. The van der Waals surface area contributed by atoms with Crippen LogP contribution in [-0.2, 0) is 11.3 Å². The average molecular weight is 422 g/mol. The zero-order valence-electron chi connectivity index (χ0n) is 17.5. The maximum absolute atomic E-state index is 12.6. The number of aromatic amines is 1. The van der Waals surface area contributed by atoms with Gasteiger partial charge in [-0.2, -0.15) is 4.52 Å². The van der Waals surface area contributed by atoms with Crippen molar-refractivity contribution in [1.82, 2.24) is 29.4 Å². The average Bonchev–Trinajstić information content (AvgIpc) is 3.36. The fraction of sp³-hybridized carbons (Fsp3) is 0.455. The molecule has 5 rings (SSSR count). The number of carbonyl (C=O) groups excluding carboxylic acids is 1.